The third kappa shape index (κ3) is 0.869. The van der Waals surface area contributed by atoms with Gasteiger partial charge in [0, 0.05) is 13.2 Å². The number of fused-ring (bicyclic) bond motifs is 1. The first kappa shape index (κ1) is 6.27. The molecule has 2 aromatic heterocycles. The molecule has 0 aliphatic rings. The largest absolute Gasteiger partial charge is 0.234 e. The molecule has 0 aliphatic heterocycles. The van der Waals surface area contributed by atoms with E-state index in [4.69, 9.17) is 0 Å². The fraction of sp³-hybridized carbons (Fsp3) is 0.286. The Balaban J connectivity index is 2.90. The van der Waals surface area contributed by atoms with Crippen molar-refractivity contribution in [1.29, 1.82) is 0 Å². The monoisotopic (exact) mass is 148 g/mol. The molecule has 2 heterocycles. The fourth-order valence-electron chi connectivity index (χ4n) is 1.04. The number of rotatable bonds is 0. The van der Waals surface area contributed by atoms with Crippen LogP contribution in [-0.2, 0) is 7.05 Å². The maximum atomic E-state index is 4.16. The lowest BCUT2D eigenvalue weighted by Crippen LogP contribution is -1.90. The van der Waals surface area contributed by atoms with Gasteiger partial charge in [-0.05, 0) is 18.6 Å². The van der Waals surface area contributed by atoms with Crippen molar-refractivity contribution < 1.29 is 0 Å². The van der Waals surface area contributed by atoms with Gasteiger partial charge in [0.15, 0.2) is 0 Å². The van der Waals surface area contributed by atoms with Crippen LogP contribution in [0.1, 0.15) is 5.56 Å². The quantitative estimate of drug-likeness (QED) is 0.551. The summed E-state index contributed by atoms with van der Waals surface area (Å²) in [6, 6.07) is 1.93. The number of pyridine rings is 1. The van der Waals surface area contributed by atoms with Gasteiger partial charge in [-0.25, -0.2) is 4.98 Å². The fourth-order valence-corrected chi connectivity index (χ4v) is 1.04. The van der Waals surface area contributed by atoms with Gasteiger partial charge < -0.3 is 0 Å². The molecular weight excluding hydrogens is 140 g/mol. The summed E-state index contributed by atoms with van der Waals surface area (Å²) in [5.74, 6) is 0. The van der Waals surface area contributed by atoms with Crippen LogP contribution in [0.5, 0.6) is 0 Å². The Morgan fingerprint density at radius 3 is 2.91 bits per heavy atom. The van der Waals surface area contributed by atoms with Crippen molar-refractivity contribution in [3.63, 3.8) is 0 Å². The van der Waals surface area contributed by atoms with Crippen LogP contribution in [0.2, 0.25) is 0 Å². The molecule has 0 N–H and O–H groups in total. The highest BCUT2D eigenvalue weighted by molar-refractivity contribution is 5.72. The standard InChI is InChI=1S/C7H8N4/c1-5-3-4-8-7-6(5)9-11(2)10-7/h3-4H,1-2H3. The Labute approximate surface area is 63.9 Å². The van der Waals surface area contributed by atoms with Crippen LogP contribution < -0.4 is 0 Å². The van der Waals surface area contributed by atoms with Gasteiger partial charge in [-0.2, -0.15) is 9.90 Å². The maximum Gasteiger partial charge on any atom is 0.202 e. The Hall–Kier alpha value is -1.45. The van der Waals surface area contributed by atoms with E-state index in [1.54, 1.807) is 13.2 Å². The molecule has 0 saturated heterocycles. The molecule has 0 aromatic carbocycles. The van der Waals surface area contributed by atoms with E-state index in [0.29, 0.717) is 5.65 Å². The second-order valence-corrected chi connectivity index (χ2v) is 2.49. The SMILES string of the molecule is Cc1ccnc2nn(C)nc12. The average Bonchev–Trinajstić information content (AvgIpc) is 2.31. The van der Waals surface area contributed by atoms with Gasteiger partial charge >= 0.3 is 0 Å². The van der Waals surface area contributed by atoms with E-state index < -0.39 is 0 Å². The van der Waals surface area contributed by atoms with E-state index in [0.717, 1.165) is 11.1 Å². The minimum atomic E-state index is 0.715. The van der Waals surface area contributed by atoms with Crippen molar-refractivity contribution in [2.45, 2.75) is 6.92 Å². The number of aryl methyl sites for hydroxylation is 2. The van der Waals surface area contributed by atoms with Gasteiger partial charge in [-0.3, -0.25) is 0 Å². The van der Waals surface area contributed by atoms with Crippen LogP contribution in [0.4, 0.5) is 0 Å². The second kappa shape index (κ2) is 2.02. The summed E-state index contributed by atoms with van der Waals surface area (Å²) in [7, 11) is 1.79. The minimum Gasteiger partial charge on any atom is -0.234 e. The highest BCUT2D eigenvalue weighted by Crippen LogP contribution is 2.08. The summed E-state index contributed by atoms with van der Waals surface area (Å²) in [6.45, 7) is 2.00. The van der Waals surface area contributed by atoms with E-state index >= 15 is 0 Å². The highest BCUT2D eigenvalue weighted by atomic mass is 15.5. The van der Waals surface area contributed by atoms with Gasteiger partial charge in [0.25, 0.3) is 0 Å². The van der Waals surface area contributed by atoms with Crippen molar-refractivity contribution in [2.24, 2.45) is 7.05 Å². The Morgan fingerprint density at radius 2 is 2.18 bits per heavy atom. The van der Waals surface area contributed by atoms with E-state index in [9.17, 15) is 0 Å². The molecule has 0 fully saturated rings. The molecule has 0 amide bonds. The molecule has 11 heavy (non-hydrogen) atoms. The third-order valence-corrected chi connectivity index (χ3v) is 1.59. The lowest BCUT2D eigenvalue weighted by molar-refractivity contribution is 0.663. The molecular formula is C7H8N4. The van der Waals surface area contributed by atoms with Crippen molar-refractivity contribution in [1.82, 2.24) is 20.0 Å². The van der Waals surface area contributed by atoms with Crippen LogP contribution in [0.15, 0.2) is 12.3 Å². The predicted octanol–water partition coefficient (Wildman–Crippen LogP) is 0.672. The topological polar surface area (TPSA) is 43.6 Å². The van der Waals surface area contributed by atoms with Gasteiger partial charge in [0.2, 0.25) is 5.65 Å². The molecule has 2 aromatic rings. The van der Waals surface area contributed by atoms with Crippen LogP contribution in [0, 0.1) is 6.92 Å². The molecule has 56 valence electrons. The van der Waals surface area contributed by atoms with E-state index in [1.165, 1.54) is 4.80 Å². The zero-order valence-electron chi connectivity index (χ0n) is 6.44. The van der Waals surface area contributed by atoms with Gasteiger partial charge in [0.1, 0.15) is 5.52 Å². The van der Waals surface area contributed by atoms with Crippen molar-refractivity contribution >= 4 is 11.2 Å². The van der Waals surface area contributed by atoms with Gasteiger partial charge in [0.05, 0.1) is 0 Å². The smallest absolute Gasteiger partial charge is 0.202 e. The molecule has 0 saturated carbocycles. The normalized spacial score (nSPS) is 10.7. The third-order valence-electron chi connectivity index (χ3n) is 1.59. The molecule has 4 nitrogen and oxygen atoms in total. The molecule has 2 rings (SSSR count). The van der Waals surface area contributed by atoms with Crippen LogP contribution in [-0.4, -0.2) is 20.0 Å². The van der Waals surface area contributed by atoms with Crippen molar-refractivity contribution in [3.05, 3.63) is 17.8 Å². The first-order chi connectivity index (χ1) is 5.27. The highest BCUT2D eigenvalue weighted by Gasteiger charge is 2.01. The van der Waals surface area contributed by atoms with Crippen LogP contribution >= 0.6 is 0 Å². The zero-order valence-corrected chi connectivity index (χ0v) is 6.44. The molecule has 0 bridgehead atoms. The Morgan fingerprint density at radius 1 is 1.36 bits per heavy atom. The zero-order chi connectivity index (χ0) is 7.84. The Kier molecular flexibility index (Phi) is 1.15. The predicted molar refractivity (Wildman–Crippen MR) is 41.0 cm³/mol. The maximum absolute atomic E-state index is 4.16. The molecule has 0 unspecified atom stereocenters. The van der Waals surface area contributed by atoms with Crippen LogP contribution in [0.25, 0.3) is 11.2 Å². The second-order valence-electron chi connectivity index (χ2n) is 2.49. The molecule has 0 atom stereocenters. The summed E-state index contributed by atoms with van der Waals surface area (Å²) in [5, 5.41) is 8.22. The molecule has 0 spiro atoms. The van der Waals surface area contributed by atoms with Gasteiger partial charge in [-0.1, -0.05) is 0 Å². The van der Waals surface area contributed by atoms with Crippen LogP contribution in [0.3, 0.4) is 0 Å². The van der Waals surface area contributed by atoms with Gasteiger partial charge in [-0.15, -0.1) is 5.10 Å². The molecule has 0 aliphatic carbocycles. The average molecular weight is 148 g/mol. The summed E-state index contributed by atoms with van der Waals surface area (Å²) >= 11 is 0. The summed E-state index contributed by atoms with van der Waals surface area (Å²) in [6.07, 6.45) is 1.74. The summed E-state index contributed by atoms with van der Waals surface area (Å²) in [5.41, 5.74) is 2.71. The minimum absolute atomic E-state index is 0.715. The van der Waals surface area contributed by atoms with Crippen molar-refractivity contribution in [2.75, 3.05) is 0 Å². The van der Waals surface area contributed by atoms with E-state index in [1.807, 2.05) is 13.0 Å². The molecule has 4 heteroatoms. The van der Waals surface area contributed by atoms with E-state index in [2.05, 4.69) is 15.2 Å². The summed E-state index contributed by atoms with van der Waals surface area (Å²) < 4.78 is 0. The number of hydrogen-bond acceptors (Lipinski definition) is 3. The van der Waals surface area contributed by atoms with E-state index in [-0.39, 0.29) is 0 Å². The molecule has 0 radical (unpaired) electrons. The lowest BCUT2D eigenvalue weighted by atomic mass is 10.3. The first-order valence-electron chi connectivity index (χ1n) is 3.40. The first-order valence-corrected chi connectivity index (χ1v) is 3.40. The number of hydrogen-bond donors (Lipinski definition) is 0. The Bertz CT molecular complexity index is 390. The number of aromatic nitrogens is 4. The van der Waals surface area contributed by atoms with Crippen molar-refractivity contribution in [3.8, 4) is 0 Å². The lowest BCUT2D eigenvalue weighted by Gasteiger charge is -1.87. The summed E-state index contributed by atoms with van der Waals surface area (Å²) in [4.78, 5) is 5.60. The number of nitrogens with zero attached hydrogens (tertiary/aromatic N) is 4.